The summed E-state index contributed by atoms with van der Waals surface area (Å²) in [7, 11) is 3.29. The molecule has 7 atom stereocenters. The third-order valence-corrected chi connectivity index (χ3v) is 7.02. The number of hydrogen-bond donors (Lipinski definition) is 0. The highest BCUT2D eigenvalue weighted by Gasteiger charge is 2.56. The predicted molar refractivity (Wildman–Crippen MR) is 142 cm³/mol. The average molecular weight is 521 g/mol. The molecule has 7 heteroatoms. The van der Waals surface area contributed by atoms with Crippen LogP contribution in [0.1, 0.15) is 23.6 Å². The van der Waals surface area contributed by atoms with Crippen molar-refractivity contribution in [1.29, 1.82) is 0 Å². The Kier molecular flexibility index (Phi) is 9.06. The molecule has 2 aliphatic heterocycles. The summed E-state index contributed by atoms with van der Waals surface area (Å²) in [5.41, 5.74) is 3.14. The summed E-state index contributed by atoms with van der Waals surface area (Å²) >= 11 is 0. The SMILES string of the molecule is COc1ccc(CO[C@H]2[C@@H]([C@H]3O[C@@H]3C)O[C@H](OC)[C@H](OCc3ccccc3)[C@H]2OCc2ccccc2)cc1. The first-order chi connectivity index (χ1) is 18.7. The molecule has 0 N–H and O–H groups in total. The molecule has 0 bridgehead atoms. The molecule has 7 nitrogen and oxygen atoms in total. The van der Waals surface area contributed by atoms with Gasteiger partial charge < -0.3 is 33.2 Å². The predicted octanol–water partition coefficient (Wildman–Crippen LogP) is 4.91. The van der Waals surface area contributed by atoms with Gasteiger partial charge in [0.05, 0.1) is 33.0 Å². The minimum Gasteiger partial charge on any atom is -0.497 e. The van der Waals surface area contributed by atoms with Crippen molar-refractivity contribution in [3.8, 4) is 5.75 Å². The van der Waals surface area contributed by atoms with E-state index in [2.05, 4.69) is 0 Å². The van der Waals surface area contributed by atoms with Gasteiger partial charge >= 0.3 is 0 Å². The van der Waals surface area contributed by atoms with Gasteiger partial charge in [0.2, 0.25) is 0 Å². The van der Waals surface area contributed by atoms with E-state index in [1.165, 1.54) is 0 Å². The molecule has 0 amide bonds. The van der Waals surface area contributed by atoms with E-state index in [0.717, 1.165) is 22.4 Å². The zero-order valence-electron chi connectivity index (χ0n) is 22.1. The van der Waals surface area contributed by atoms with Gasteiger partial charge in [-0.3, -0.25) is 0 Å². The number of ether oxygens (including phenoxy) is 7. The molecule has 0 spiro atoms. The monoisotopic (exact) mass is 520 g/mol. The fourth-order valence-corrected chi connectivity index (χ4v) is 4.84. The lowest BCUT2D eigenvalue weighted by molar-refractivity contribution is -0.320. The Balaban J connectivity index is 1.40. The second kappa shape index (κ2) is 12.8. The van der Waals surface area contributed by atoms with Crippen molar-refractivity contribution in [2.75, 3.05) is 14.2 Å². The Labute approximate surface area is 224 Å². The minimum absolute atomic E-state index is 0.0705. The third-order valence-electron chi connectivity index (χ3n) is 7.02. The summed E-state index contributed by atoms with van der Waals surface area (Å²) < 4.78 is 43.0. The largest absolute Gasteiger partial charge is 0.497 e. The summed E-state index contributed by atoms with van der Waals surface area (Å²) in [6.45, 7) is 3.22. The number of benzene rings is 3. The summed E-state index contributed by atoms with van der Waals surface area (Å²) in [6.07, 6.45) is -2.46. The molecule has 0 radical (unpaired) electrons. The van der Waals surface area contributed by atoms with Gasteiger partial charge in [-0.05, 0) is 35.7 Å². The third kappa shape index (κ3) is 6.61. The molecule has 2 fully saturated rings. The summed E-state index contributed by atoms with van der Waals surface area (Å²) in [5, 5.41) is 0. The quantitative estimate of drug-likeness (QED) is 0.314. The molecule has 2 saturated heterocycles. The van der Waals surface area contributed by atoms with Crippen LogP contribution in [-0.2, 0) is 48.2 Å². The Morgan fingerprint density at radius 2 is 1.08 bits per heavy atom. The highest BCUT2D eigenvalue weighted by atomic mass is 16.7. The normalized spacial score (nSPS) is 28.7. The Morgan fingerprint density at radius 1 is 0.579 bits per heavy atom. The van der Waals surface area contributed by atoms with Crippen LogP contribution in [0, 0.1) is 0 Å². The van der Waals surface area contributed by atoms with Crippen molar-refractivity contribution in [3.63, 3.8) is 0 Å². The standard InChI is InChI=1S/C31H36O7/c1-21-26(37-21)29-27(34-20-24-14-16-25(32-2)17-15-24)28(35-18-22-10-6-4-7-11-22)30(31(33-3)38-29)36-19-23-12-8-5-9-13-23/h4-17,21,26-31H,18-20H2,1-3H3/t21-,26+,27-,28+,29-,30-,31+/m1/s1. The maximum absolute atomic E-state index is 6.60. The van der Waals surface area contributed by atoms with Crippen molar-refractivity contribution in [2.24, 2.45) is 0 Å². The topological polar surface area (TPSA) is 67.9 Å². The van der Waals surface area contributed by atoms with Crippen LogP contribution in [0.2, 0.25) is 0 Å². The first kappa shape index (κ1) is 26.8. The molecule has 202 valence electrons. The molecule has 0 aliphatic carbocycles. The van der Waals surface area contributed by atoms with E-state index in [0.29, 0.717) is 19.8 Å². The van der Waals surface area contributed by atoms with Crippen LogP contribution in [0.4, 0.5) is 0 Å². The maximum atomic E-state index is 6.60. The molecular formula is C31H36O7. The lowest BCUT2D eigenvalue weighted by Gasteiger charge is -2.45. The zero-order chi connectivity index (χ0) is 26.3. The summed E-state index contributed by atoms with van der Waals surface area (Å²) in [4.78, 5) is 0. The van der Waals surface area contributed by atoms with Crippen LogP contribution >= 0.6 is 0 Å². The minimum atomic E-state index is -0.637. The number of rotatable bonds is 12. The van der Waals surface area contributed by atoms with Gasteiger partial charge in [-0.1, -0.05) is 72.8 Å². The highest BCUT2D eigenvalue weighted by molar-refractivity contribution is 5.26. The molecule has 2 aliphatic rings. The van der Waals surface area contributed by atoms with Crippen LogP contribution in [0.3, 0.4) is 0 Å². The van der Waals surface area contributed by atoms with Crippen LogP contribution in [-0.4, -0.2) is 57.1 Å². The summed E-state index contributed by atoms with van der Waals surface area (Å²) in [6, 6.07) is 28.0. The van der Waals surface area contributed by atoms with Crippen LogP contribution in [0.15, 0.2) is 84.9 Å². The molecular weight excluding hydrogens is 484 g/mol. The first-order valence-corrected chi connectivity index (χ1v) is 13.1. The van der Waals surface area contributed by atoms with E-state index in [1.807, 2.05) is 91.9 Å². The zero-order valence-corrected chi connectivity index (χ0v) is 22.1. The molecule has 38 heavy (non-hydrogen) atoms. The lowest BCUT2D eigenvalue weighted by Crippen LogP contribution is -2.62. The fraction of sp³-hybridized carbons (Fsp3) is 0.419. The molecule has 0 saturated carbocycles. The van der Waals surface area contributed by atoms with E-state index < -0.39 is 24.6 Å². The number of epoxide rings is 1. The molecule has 0 aromatic heterocycles. The van der Waals surface area contributed by atoms with Crippen LogP contribution in [0.25, 0.3) is 0 Å². The van der Waals surface area contributed by atoms with Crippen LogP contribution < -0.4 is 4.74 Å². The van der Waals surface area contributed by atoms with Crippen molar-refractivity contribution in [3.05, 3.63) is 102 Å². The average Bonchev–Trinajstić information content (AvgIpc) is 3.71. The van der Waals surface area contributed by atoms with Gasteiger partial charge in [-0.25, -0.2) is 0 Å². The van der Waals surface area contributed by atoms with Crippen molar-refractivity contribution >= 4 is 0 Å². The van der Waals surface area contributed by atoms with E-state index >= 15 is 0 Å². The molecule has 2 heterocycles. The number of hydrogen-bond acceptors (Lipinski definition) is 7. The maximum Gasteiger partial charge on any atom is 0.186 e. The van der Waals surface area contributed by atoms with Crippen molar-refractivity contribution in [1.82, 2.24) is 0 Å². The van der Waals surface area contributed by atoms with Gasteiger partial charge in [-0.2, -0.15) is 0 Å². The molecule has 5 rings (SSSR count). The van der Waals surface area contributed by atoms with Gasteiger partial charge in [0.25, 0.3) is 0 Å². The van der Waals surface area contributed by atoms with Gasteiger partial charge in [-0.15, -0.1) is 0 Å². The lowest BCUT2D eigenvalue weighted by atomic mass is 9.94. The Hall–Kier alpha value is -2.78. The second-order valence-electron chi connectivity index (χ2n) is 9.66. The molecule has 3 aromatic carbocycles. The Morgan fingerprint density at radius 3 is 1.58 bits per heavy atom. The van der Waals surface area contributed by atoms with E-state index in [-0.39, 0.29) is 18.3 Å². The Bertz CT molecular complexity index is 1110. The van der Waals surface area contributed by atoms with Crippen LogP contribution in [0.5, 0.6) is 5.75 Å². The molecule has 3 aromatic rings. The second-order valence-corrected chi connectivity index (χ2v) is 9.66. The number of methoxy groups -OCH3 is 2. The highest BCUT2D eigenvalue weighted by Crippen LogP contribution is 2.38. The molecule has 0 unspecified atom stereocenters. The van der Waals surface area contributed by atoms with Gasteiger partial charge in [0, 0.05) is 7.11 Å². The van der Waals surface area contributed by atoms with Gasteiger partial charge in [0.15, 0.2) is 6.29 Å². The first-order valence-electron chi connectivity index (χ1n) is 13.1. The van der Waals surface area contributed by atoms with Gasteiger partial charge in [0.1, 0.15) is 36.3 Å². The van der Waals surface area contributed by atoms with Crippen molar-refractivity contribution < 1.29 is 33.2 Å². The fourth-order valence-electron chi connectivity index (χ4n) is 4.84. The van der Waals surface area contributed by atoms with E-state index in [1.54, 1.807) is 14.2 Å². The van der Waals surface area contributed by atoms with E-state index in [4.69, 9.17) is 33.2 Å². The summed E-state index contributed by atoms with van der Waals surface area (Å²) in [5.74, 6) is 0.800. The van der Waals surface area contributed by atoms with E-state index in [9.17, 15) is 0 Å². The van der Waals surface area contributed by atoms with Crippen molar-refractivity contribution in [2.45, 2.75) is 69.7 Å². The smallest absolute Gasteiger partial charge is 0.186 e.